The highest BCUT2D eigenvalue weighted by molar-refractivity contribution is 7.99. The van der Waals surface area contributed by atoms with Gasteiger partial charge in [0.2, 0.25) is 5.91 Å². The number of carbonyl (C=O) groups is 1. The molecule has 0 saturated carbocycles. The molecule has 9 heteroatoms. The quantitative estimate of drug-likeness (QED) is 0.440. The number of nitrogens with zero attached hydrogens (tertiary/aromatic N) is 1. The molecule has 1 saturated heterocycles. The number of nitrogens with one attached hydrogen (secondary N) is 2. The van der Waals surface area contributed by atoms with Gasteiger partial charge in [0.15, 0.2) is 0 Å². The van der Waals surface area contributed by atoms with Crippen LogP contribution in [0, 0.1) is 10.1 Å². The Balaban J connectivity index is 0.00000220. The predicted octanol–water partition coefficient (Wildman–Crippen LogP) is 1.76. The Morgan fingerprint density at radius 2 is 2.33 bits per heavy atom. The minimum Gasteiger partial charge on any atom is -0.506 e. The first kappa shape index (κ1) is 17.5. The van der Waals surface area contributed by atoms with Crippen molar-refractivity contribution in [2.24, 2.45) is 0 Å². The number of nitro groups is 1. The molecule has 1 heterocycles. The normalized spacial score (nSPS) is 17.6. The minimum absolute atomic E-state index is 0. The van der Waals surface area contributed by atoms with Crippen LogP contribution in [0.3, 0.4) is 0 Å². The van der Waals surface area contributed by atoms with Crippen molar-refractivity contribution in [3.63, 3.8) is 0 Å². The molecular formula is C12H16ClN3O4S. The summed E-state index contributed by atoms with van der Waals surface area (Å²) in [5.74, 6) is 1.42. The Hall–Kier alpha value is -1.51. The van der Waals surface area contributed by atoms with Gasteiger partial charge in [0.1, 0.15) is 5.75 Å². The van der Waals surface area contributed by atoms with Crippen LogP contribution in [0.15, 0.2) is 18.2 Å². The average molecular weight is 334 g/mol. The fourth-order valence-electron chi connectivity index (χ4n) is 1.91. The van der Waals surface area contributed by atoms with Gasteiger partial charge in [-0.2, -0.15) is 11.8 Å². The fraction of sp³-hybridized carbons (Fsp3) is 0.417. The molecule has 1 amide bonds. The predicted molar refractivity (Wildman–Crippen MR) is 84.4 cm³/mol. The summed E-state index contributed by atoms with van der Waals surface area (Å²) in [6.45, 7) is 0.866. The van der Waals surface area contributed by atoms with Gasteiger partial charge in [-0.3, -0.25) is 14.9 Å². The molecule has 21 heavy (non-hydrogen) atoms. The van der Waals surface area contributed by atoms with Gasteiger partial charge >= 0.3 is 0 Å². The standard InChI is InChI=1S/C12H15N3O4S.ClH/c16-11-2-1-9(15(18)19)6-10(11)14-12(17)5-8-7-20-4-3-13-8;/h1-2,6,8,13,16H,3-5,7H2,(H,14,17);1H. The van der Waals surface area contributed by atoms with E-state index in [0.29, 0.717) is 0 Å². The van der Waals surface area contributed by atoms with Gasteiger partial charge in [-0.25, -0.2) is 0 Å². The molecule has 0 spiro atoms. The Bertz CT molecular complexity index is 523. The lowest BCUT2D eigenvalue weighted by molar-refractivity contribution is -0.384. The van der Waals surface area contributed by atoms with Gasteiger partial charge in [-0.15, -0.1) is 12.4 Å². The monoisotopic (exact) mass is 333 g/mol. The number of hydrogen-bond donors (Lipinski definition) is 3. The van der Waals surface area contributed by atoms with Crippen LogP contribution in [0.1, 0.15) is 6.42 Å². The third-order valence-corrected chi connectivity index (χ3v) is 4.03. The van der Waals surface area contributed by atoms with E-state index >= 15 is 0 Å². The second kappa shape index (κ2) is 8.06. The summed E-state index contributed by atoms with van der Waals surface area (Å²) >= 11 is 1.78. The third kappa shape index (κ3) is 5.07. The van der Waals surface area contributed by atoms with E-state index in [-0.39, 0.29) is 47.9 Å². The highest BCUT2D eigenvalue weighted by Crippen LogP contribution is 2.28. The van der Waals surface area contributed by atoms with Crippen molar-refractivity contribution in [1.82, 2.24) is 5.32 Å². The number of hydrogen-bond acceptors (Lipinski definition) is 6. The minimum atomic E-state index is -0.575. The number of thioether (sulfide) groups is 1. The van der Waals surface area contributed by atoms with E-state index in [1.54, 1.807) is 11.8 Å². The second-order valence-corrected chi connectivity index (χ2v) is 5.59. The smallest absolute Gasteiger partial charge is 0.271 e. The van der Waals surface area contributed by atoms with Gasteiger partial charge in [-0.05, 0) is 6.07 Å². The number of non-ortho nitro benzene ring substituents is 1. The summed E-state index contributed by atoms with van der Waals surface area (Å²) < 4.78 is 0. The molecule has 7 nitrogen and oxygen atoms in total. The topological polar surface area (TPSA) is 104 Å². The summed E-state index contributed by atoms with van der Waals surface area (Å²) in [7, 11) is 0. The maximum atomic E-state index is 11.9. The number of carbonyl (C=O) groups excluding carboxylic acids is 1. The van der Waals surface area contributed by atoms with E-state index in [9.17, 15) is 20.0 Å². The fourth-order valence-corrected chi connectivity index (χ4v) is 2.86. The lowest BCUT2D eigenvalue weighted by Crippen LogP contribution is -2.39. The van der Waals surface area contributed by atoms with E-state index < -0.39 is 4.92 Å². The van der Waals surface area contributed by atoms with E-state index in [1.807, 2.05) is 0 Å². The Labute approximate surface area is 132 Å². The molecule has 0 radical (unpaired) electrons. The SMILES string of the molecule is Cl.O=C(CC1CSCCN1)Nc1cc([N+](=O)[O-])ccc1O. The maximum absolute atomic E-state index is 11.9. The number of phenols is 1. The number of rotatable bonds is 4. The van der Waals surface area contributed by atoms with Crippen LogP contribution in [0.25, 0.3) is 0 Å². The van der Waals surface area contributed by atoms with Crippen molar-refractivity contribution < 1.29 is 14.8 Å². The average Bonchev–Trinajstić information content (AvgIpc) is 2.42. The number of amides is 1. The Morgan fingerprint density at radius 3 is 2.95 bits per heavy atom. The summed E-state index contributed by atoms with van der Waals surface area (Å²) in [5, 5.41) is 26.0. The summed E-state index contributed by atoms with van der Waals surface area (Å²) in [4.78, 5) is 22.0. The number of aromatic hydroxyl groups is 1. The van der Waals surface area contributed by atoms with E-state index in [1.165, 1.54) is 12.1 Å². The van der Waals surface area contributed by atoms with Crippen molar-refractivity contribution in [2.75, 3.05) is 23.4 Å². The molecule has 0 aliphatic carbocycles. The maximum Gasteiger partial charge on any atom is 0.271 e. The van der Waals surface area contributed by atoms with Gasteiger partial charge in [0, 0.05) is 42.6 Å². The van der Waals surface area contributed by atoms with Crippen LogP contribution in [-0.4, -0.2) is 40.0 Å². The van der Waals surface area contributed by atoms with Crippen molar-refractivity contribution in [3.8, 4) is 5.75 Å². The number of benzene rings is 1. The van der Waals surface area contributed by atoms with E-state index in [0.717, 1.165) is 24.1 Å². The summed E-state index contributed by atoms with van der Waals surface area (Å²) in [6, 6.07) is 3.62. The molecule has 2 rings (SSSR count). The van der Waals surface area contributed by atoms with Gasteiger partial charge in [0.05, 0.1) is 10.6 Å². The molecular weight excluding hydrogens is 318 g/mol. The highest BCUT2D eigenvalue weighted by atomic mass is 35.5. The molecule has 1 aromatic rings. The lowest BCUT2D eigenvalue weighted by atomic mass is 10.2. The van der Waals surface area contributed by atoms with Crippen molar-refractivity contribution >= 4 is 41.5 Å². The molecule has 1 unspecified atom stereocenters. The first-order valence-electron chi connectivity index (χ1n) is 6.14. The molecule has 116 valence electrons. The van der Waals surface area contributed by atoms with Crippen LogP contribution in [0.5, 0.6) is 5.75 Å². The van der Waals surface area contributed by atoms with Crippen LogP contribution in [0.2, 0.25) is 0 Å². The van der Waals surface area contributed by atoms with Crippen molar-refractivity contribution in [3.05, 3.63) is 28.3 Å². The van der Waals surface area contributed by atoms with Crippen LogP contribution >= 0.6 is 24.2 Å². The first-order chi connectivity index (χ1) is 9.56. The lowest BCUT2D eigenvalue weighted by Gasteiger charge is -2.22. The van der Waals surface area contributed by atoms with Crippen molar-refractivity contribution in [1.29, 1.82) is 0 Å². The molecule has 1 aliphatic heterocycles. The van der Waals surface area contributed by atoms with Crippen LogP contribution in [0.4, 0.5) is 11.4 Å². The van der Waals surface area contributed by atoms with E-state index in [4.69, 9.17) is 0 Å². The summed E-state index contributed by atoms with van der Waals surface area (Å²) in [5.41, 5.74) is -0.114. The Morgan fingerprint density at radius 1 is 1.57 bits per heavy atom. The van der Waals surface area contributed by atoms with Crippen molar-refractivity contribution in [2.45, 2.75) is 12.5 Å². The van der Waals surface area contributed by atoms with Gasteiger partial charge in [-0.1, -0.05) is 0 Å². The van der Waals surface area contributed by atoms with Gasteiger partial charge < -0.3 is 15.7 Å². The molecule has 1 atom stereocenters. The zero-order valence-corrected chi connectivity index (χ0v) is 12.7. The molecule has 0 bridgehead atoms. The molecule has 3 N–H and O–H groups in total. The number of nitro benzene ring substituents is 1. The number of anilines is 1. The first-order valence-corrected chi connectivity index (χ1v) is 7.30. The second-order valence-electron chi connectivity index (χ2n) is 4.44. The molecule has 0 aromatic heterocycles. The van der Waals surface area contributed by atoms with Gasteiger partial charge in [0.25, 0.3) is 5.69 Å². The van der Waals surface area contributed by atoms with Crippen LogP contribution in [-0.2, 0) is 4.79 Å². The zero-order chi connectivity index (χ0) is 14.5. The van der Waals surface area contributed by atoms with E-state index in [2.05, 4.69) is 10.6 Å². The number of phenolic OH excluding ortho intramolecular Hbond substituents is 1. The zero-order valence-electron chi connectivity index (χ0n) is 11.1. The molecule has 1 aromatic carbocycles. The molecule has 1 aliphatic rings. The summed E-state index contributed by atoms with van der Waals surface area (Å²) in [6.07, 6.45) is 0.273. The molecule has 1 fully saturated rings. The largest absolute Gasteiger partial charge is 0.506 e. The highest BCUT2D eigenvalue weighted by Gasteiger charge is 2.18. The van der Waals surface area contributed by atoms with Crippen LogP contribution < -0.4 is 10.6 Å². The third-order valence-electron chi connectivity index (χ3n) is 2.90. The Kier molecular flexibility index (Phi) is 6.73. The number of halogens is 1.